The normalized spacial score (nSPS) is 17.1. The average Bonchev–Trinajstić information content (AvgIpc) is 3.14. The number of nitro groups is 1. The van der Waals surface area contributed by atoms with Gasteiger partial charge in [-0.25, -0.2) is 0 Å². The van der Waals surface area contributed by atoms with Crippen LogP contribution in [0.4, 0.5) is 5.82 Å². The van der Waals surface area contributed by atoms with Crippen molar-refractivity contribution < 1.29 is 9.72 Å². The predicted molar refractivity (Wildman–Crippen MR) is 71.5 cm³/mol. The largest absolute Gasteiger partial charge is 0.404 e. The Bertz CT molecular complexity index is 604. The van der Waals surface area contributed by atoms with E-state index in [2.05, 4.69) is 32.4 Å². The summed E-state index contributed by atoms with van der Waals surface area (Å²) in [6, 6.07) is 2.11. The van der Waals surface area contributed by atoms with Crippen LogP contribution >= 0.6 is 15.9 Å². The summed E-state index contributed by atoms with van der Waals surface area (Å²) >= 11 is 3.01. The highest BCUT2D eigenvalue weighted by Gasteiger charge is 2.43. The fourth-order valence-electron chi connectivity index (χ4n) is 1.95. The van der Waals surface area contributed by atoms with Gasteiger partial charge >= 0.3 is 5.82 Å². The van der Waals surface area contributed by atoms with Crippen LogP contribution in [0.5, 0.6) is 0 Å². The number of aromatic nitrogens is 2. The van der Waals surface area contributed by atoms with Crippen LogP contribution in [0, 0.1) is 27.4 Å². The molecule has 0 saturated heterocycles. The van der Waals surface area contributed by atoms with Crippen molar-refractivity contribution in [2.45, 2.75) is 31.8 Å². The predicted octanol–water partition coefficient (Wildman–Crippen LogP) is 1.36. The van der Waals surface area contributed by atoms with Crippen molar-refractivity contribution in [1.29, 1.82) is 5.26 Å². The number of nitrogens with zero attached hydrogens (tertiary/aromatic N) is 4. The first kappa shape index (κ1) is 14.5. The first-order valence-corrected chi connectivity index (χ1v) is 6.74. The van der Waals surface area contributed by atoms with Crippen LogP contribution in [-0.2, 0) is 11.3 Å². The van der Waals surface area contributed by atoms with Crippen molar-refractivity contribution in [3.63, 3.8) is 0 Å². The molecule has 2 rings (SSSR count). The van der Waals surface area contributed by atoms with Gasteiger partial charge in [-0.1, -0.05) is 0 Å². The highest BCUT2D eigenvalue weighted by Crippen LogP contribution is 2.39. The molecule has 1 aromatic heterocycles. The number of halogens is 1. The molecule has 1 aliphatic rings. The zero-order valence-electron chi connectivity index (χ0n) is 10.7. The Morgan fingerprint density at radius 3 is 2.90 bits per heavy atom. The average molecular weight is 342 g/mol. The van der Waals surface area contributed by atoms with E-state index in [4.69, 9.17) is 5.26 Å². The second-order valence-electron chi connectivity index (χ2n) is 4.89. The maximum Gasteiger partial charge on any atom is 0.404 e. The van der Waals surface area contributed by atoms with E-state index in [-0.39, 0.29) is 22.8 Å². The lowest BCUT2D eigenvalue weighted by atomic mass is 9.98. The van der Waals surface area contributed by atoms with Gasteiger partial charge in [0.2, 0.25) is 5.91 Å². The third-order valence-electron chi connectivity index (χ3n) is 3.20. The van der Waals surface area contributed by atoms with E-state index in [1.54, 1.807) is 6.92 Å². The van der Waals surface area contributed by atoms with E-state index in [1.165, 1.54) is 10.9 Å². The minimum Gasteiger partial charge on any atom is -0.358 e. The minimum atomic E-state index is -0.882. The standard InChI is InChI=1S/C11H12BrN5O3/c1-11(6-13,7-2-3-7)14-9(18)5-16-4-8(12)10(15-16)17(19)20/h4,7H,2-3,5H2,1H3,(H,14,18)/t11-/m0/s1. The molecule has 1 atom stereocenters. The summed E-state index contributed by atoms with van der Waals surface area (Å²) in [7, 11) is 0. The molecule has 0 unspecified atom stereocenters. The van der Waals surface area contributed by atoms with Gasteiger partial charge in [-0.3, -0.25) is 4.79 Å². The molecule has 106 valence electrons. The molecule has 8 nitrogen and oxygen atoms in total. The van der Waals surface area contributed by atoms with Gasteiger partial charge in [0.15, 0.2) is 0 Å². The lowest BCUT2D eigenvalue weighted by Gasteiger charge is -2.22. The number of rotatable bonds is 5. The summed E-state index contributed by atoms with van der Waals surface area (Å²) in [5.74, 6) is -0.566. The summed E-state index contributed by atoms with van der Waals surface area (Å²) in [5.41, 5.74) is -0.882. The Labute approximate surface area is 123 Å². The Morgan fingerprint density at radius 2 is 2.45 bits per heavy atom. The SMILES string of the molecule is C[C@@](C#N)(NC(=O)Cn1cc(Br)c([N+](=O)[O-])n1)C1CC1. The number of nitrogens with one attached hydrogen (secondary N) is 1. The maximum absolute atomic E-state index is 11.9. The van der Waals surface area contributed by atoms with Gasteiger partial charge < -0.3 is 15.4 Å². The number of nitriles is 1. The molecule has 1 aromatic rings. The zero-order chi connectivity index (χ0) is 14.9. The van der Waals surface area contributed by atoms with Crippen LogP contribution < -0.4 is 5.32 Å². The van der Waals surface area contributed by atoms with Crippen LogP contribution in [0.1, 0.15) is 19.8 Å². The van der Waals surface area contributed by atoms with E-state index < -0.39 is 16.4 Å². The van der Waals surface area contributed by atoms with Gasteiger partial charge in [-0.05, 0) is 46.5 Å². The van der Waals surface area contributed by atoms with Gasteiger partial charge in [-0.2, -0.15) is 9.94 Å². The molecule has 0 radical (unpaired) electrons. The van der Waals surface area contributed by atoms with Crippen LogP contribution in [0.15, 0.2) is 10.7 Å². The van der Waals surface area contributed by atoms with Crippen LogP contribution in [0.25, 0.3) is 0 Å². The van der Waals surface area contributed by atoms with E-state index in [9.17, 15) is 14.9 Å². The monoisotopic (exact) mass is 341 g/mol. The molecule has 1 amide bonds. The molecule has 0 spiro atoms. The number of carbonyl (C=O) groups is 1. The smallest absolute Gasteiger partial charge is 0.358 e. The minimum absolute atomic E-state index is 0.170. The molecule has 1 N–H and O–H groups in total. The second-order valence-corrected chi connectivity index (χ2v) is 5.75. The van der Waals surface area contributed by atoms with E-state index in [0.29, 0.717) is 0 Å². The summed E-state index contributed by atoms with van der Waals surface area (Å²) in [5, 5.41) is 26.2. The maximum atomic E-state index is 11.9. The molecule has 1 fully saturated rings. The van der Waals surface area contributed by atoms with Crippen molar-refractivity contribution in [3.05, 3.63) is 20.8 Å². The van der Waals surface area contributed by atoms with Gasteiger partial charge in [-0.15, -0.1) is 0 Å². The van der Waals surface area contributed by atoms with E-state index >= 15 is 0 Å². The molecule has 1 saturated carbocycles. The van der Waals surface area contributed by atoms with Crippen molar-refractivity contribution >= 4 is 27.7 Å². The summed E-state index contributed by atoms with van der Waals surface area (Å²) in [4.78, 5) is 21.9. The first-order chi connectivity index (χ1) is 9.35. The van der Waals surface area contributed by atoms with Crippen molar-refractivity contribution in [2.24, 2.45) is 5.92 Å². The molecule has 0 bridgehead atoms. The number of hydrogen-bond donors (Lipinski definition) is 1. The molecular formula is C11H12BrN5O3. The van der Waals surface area contributed by atoms with Crippen LogP contribution in [0.3, 0.4) is 0 Å². The van der Waals surface area contributed by atoms with Gasteiger partial charge in [0.25, 0.3) is 0 Å². The Hall–Kier alpha value is -1.95. The van der Waals surface area contributed by atoms with Gasteiger partial charge in [0.1, 0.15) is 16.6 Å². The molecule has 9 heteroatoms. The number of carbonyl (C=O) groups excluding carboxylic acids is 1. The molecule has 1 heterocycles. The molecule has 20 heavy (non-hydrogen) atoms. The highest BCUT2D eigenvalue weighted by molar-refractivity contribution is 9.10. The van der Waals surface area contributed by atoms with E-state index in [0.717, 1.165) is 12.8 Å². The summed E-state index contributed by atoms with van der Waals surface area (Å²) < 4.78 is 1.38. The lowest BCUT2D eigenvalue weighted by Crippen LogP contribution is -2.47. The van der Waals surface area contributed by atoms with Crippen LogP contribution in [-0.4, -0.2) is 26.1 Å². The third kappa shape index (κ3) is 2.96. The second kappa shape index (κ2) is 5.20. The van der Waals surface area contributed by atoms with Crippen molar-refractivity contribution in [3.8, 4) is 6.07 Å². The topological polar surface area (TPSA) is 114 Å². The first-order valence-electron chi connectivity index (χ1n) is 5.95. The number of hydrogen-bond acceptors (Lipinski definition) is 5. The molecular weight excluding hydrogens is 330 g/mol. The van der Waals surface area contributed by atoms with Crippen LogP contribution in [0.2, 0.25) is 0 Å². The lowest BCUT2D eigenvalue weighted by molar-refractivity contribution is -0.390. The Balaban J connectivity index is 2.03. The van der Waals surface area contributed by atoms with Crippen molar-refractivity contribution in [2.75, 3.05) is 0 Å². The molecule has 0 aliphatic heterocycles. The Kier molecular flexibility index (Phi) is 3.76. The highest BCUT2D eigenvalue weighted by atomic mass is 79.9. The fraction of sp³-hybridized carbons (Fsp3) is 0.545. The van der Waals surface area contributed by atoms with E-state index in [1.807, 2.05) is 0 Å². The summed E-state index contributed by atoms with van der Waals surface area (Å²) in [6.07, 6.45) is 3.20. The zero-order valence-corrected chi connectivity index (χ0v) is 12.3. The Morgan fingerprint density at radius 1 is 1.80 bits per heavy atom. The van der Waals surface area contributed by atoms with Gasteiger partial charge in [0.05, 0.1) is 17.4 Å². The third-order valence-corrected chi connectivity index (χ3v) is 3.76. The summed E-state index contributed by atoms with van der Waals surface area (Å²) in [6.45, 7) is 1.51. The quantitative estimate of drug-likeness (QED) is 0.641. The van der Waals surface area contributed by atoms with Crippen molar-refractivity contribution in [1.82, 2.24) is 15.1 Å². The fourth-order valence-corrected chi connectivity index (χ4v) is 2.41. The molecule has 0 aromatic carbocycles. The number of amides is 1. The van der Waals surface area contributed by atoms with Gasteiger partial charge in [0, 0.05) is 0 Å². The molecule has 1 aliphatic carbocycles.